The van der Waals surface area contributed by atoms with E-state index in [0.29, 0.717) is 0 Å². The smallest absolute Gasteiger partial charge is 0.0907 e. The van der Waals surface area contributed by atoms with Gasteiger partial charge in [0.1, 0.15) is 0 Å². The van der Waals surface area contributed by atoms with Gasteiger partial charge in [-0.15, -0.1) is 11.3 Å². The van der Waals surface area contributed by atoms with Crippen molar-refractivity contribution in [2.24, 2.45) is 5.92 Å². The number of nitrogen functional groups attached to an aromatic ring is 1. The number of nitrogens with one attached hydrogen (secondary N) is 1. The van der Waals surface area contributed by atoms with Crippen molar-refractivity contribution in [2.45, 2.75) is 39.2 Å². The molecular weight excluding hydrogens is 242 g/mol. The molecular formula is C14H19N3S. The lowest BCUT2D eigenvalue weighted by Gasteiger charge is -2.28. The molecule has 2 aromatic rings. The molecule has 1 aromatic carbocycles. The first-order chi connectivity index (χ1) is 8.45. The second kappa shape index (κ2) is 3.85. The molecule has 18 heavy (non-hydrogen) atoms. The highest BCUT2D eigenvalue weighted by Gasteiger charge is 2.37. The summed E-state index contributed by atoms with van der Waals surface area (Å²) in [5.41, 5.74) is 9.14. The van der Waals surface area contributed by atoms with Crippen LogP contribution in [0.25, 0.3) is 10.2 Å². The van der Waals surface area contributed by atoms with Gasteiger partial charge in [0, 0.05) is 5.54 Å². The molecule has 0 spiro atoms. The Morgan fingerprint density at radius 2 is 2.11 bits per heavy atom. The van der Waals surface area contributed by atoms with Gasteiger partial charge in [0.15, 0.2) is 0 Å². The summed E-state index contributed by atoms with van der Waals surface area (Å²) >= 11 is 1.69. The zero-order valence-corrected chi connectivity index (χ0v) is 11.9. The van der Waals surface area contributed by atoms with Crippen LogP contribution >= 0.6 is 11.3 Å². The van der Waals surface area contributed by atoms with E-state index in [1.54, 1.807) is 11.3 Å². The van der Waals surface area contributed by atoms with Crippen LogP contribution in [-0.2, 0) is 0 Å². The largest absolute Gasteiger partial charge is 0.397 e. The van der Waals surface area contributed by atoms with Crippen molar-refractivity contribution < 1.29 is 0 Å². The minimum Gasteiger partial charge on any atom is -0.397 e. The zero-order valence-electron chi connectivity index (χ0n) is 11.1. The van der Waals surface area contributed by atoms with Crippen LogP contribution in [-0.4, -0.2) is 10.5 Å². The number of aromatic nitrogens is 1. The Hall–Kier alpha value is -1.29. The Morgan fingerprint density at radius 1 is 1.39 bits per heavy atom. The Morgan fingerprint density at radius 3 is 2.78 bits per heavy atom. The predicted octanol–water partition coefficient (Wildman–Crippen LogP) is 3.79. The third-order valence-corrected chi connectivity index (χ3v) is 4.66. The normalized spacial score (nSPS) is 16.2. The summed E-state index contributed by atoms with van der Waals surface area (Å²) in [6, 6.07) is 4.11. The van der Waals surface area contributed by atoms with E-state index in [-0.39, 0.29) is 5.54 Å². The van der Waals surface area contributed by atoms with Crippen LogP contribution in [0.4, 0.5) is 11.4 Å². The highest BCUT2D eigenvalue weighted by molar-refractivity contribution is 7.18. The van der Waals surface area contributed by atoms with Crippen LogP contribution in [0.5, 0.6) is 0 Å². The number of aryl methyl sites for hydroxylation is 1. The molecule has 0 unspecified atom stereocenters. The van der Waals surface area contributed by atoms with Crippen LogP contribution in [0, 0.1) is 12.8 Å². The molecule has 1 aliphatic carbocycles. The van der Waals surface area contributed by atoms with Crippen LogP contribution < -0.4 is 11.1 Å². The standard InChI is InChI=1S/C14H19N3S/c1-8-16-12-7-11(10(15)6-13(12)18-8)17-14(2,3)9-4-5-9/h6-7,9,17H,4-5,15H2,1-3H3. The summed E-state index contributed by atoms with van der Waals surface area (Å²) in [6.07, 6.45) is 2.63. The maximum atomic E-state index is 6.14. The van der Waals surface area contributed by atoms with Crippen molar-refractivity contribution in [3.05, 3.63) is 17.1 Å². The molecule has 0 atom stereocenters. The molecule has 1 saturated carbocycles. The number of hydrogen-bond acceptors (Lipinski definition) is 4. The van der Waals surface area contributed by atoms with Gasteiger partial charge in [-0.2, -0.15) is 0 Å². The van der Waals surface area contributed by atoms with E-state index in [2.05, 4.69) is 30.2 Å². The van der Waals surface area contributed by atoms with E-state index in [0.717, 1.165) is 27.8 Å². The molecule has 3 rings (SSSR count). The number of rotatable bonds is 3. The molecule has 4 heteroatoms. The molecule has 3 N–H and O–H groups in total. The molecule has 0 saturated heterocycles. The minimum absolute atomic E-state index is 0.118. The van der Waals surface area contributed by atoms with E-state index in [1.807, 2.05) is 13.0 Å². The van der Waals surface area contributed by atoms with E-state index in [1.165, 1.54) is 17.5 Å². The van der Waals surface area contributed by atoms with E-state index >= 15 is 0 Å². The maximum Gasteiger partial charge on any atom is 0.0907 e. The monoisotopic (exact) mass is 261 g/mol. The van der Waals surface area contributed by atoms with Gasteiger partial charge in [0.2, 0.25) is 0 Å². The number of hydrogen-bond donors (Lipinski definition) is 2. The summed E-state index contributed by atoms with van der Waals surface area (Å²) in [6.45, 7) is 6.53. The highest BCUT2D eigenvalue weighted by Crippen LogP contribution is 2.42. The highest BCUT2D eigenvalue weighted by atomic mass is 32.1. The van der Waals surface area contributed by atoms with Gasteiger partial charge in [0.25, 0.3) is 0 Å². The van der Waals surface area contributed by atoms with Crippen molar-refractivity contribution >= 4 is 32.9 Å². The first kappa shape index (κ1) is 11.8. The van der Waals surface area contributed by atoms with Crippen LogP contribution in [0.3, 0.4) is 0 Å². The molecule has 0 aliphatic heterocycles. The summed E-state index contributed by atoms with van der Waals surface area (Å²) in [5.74, 6) is 0.768. The maximum absolute atomic E-state index is 6.14. The van der Waals surface area contributed by atoms with Crippen molar-refractivity contribution in [3.8, 4) is 0 Å². The fourth-order valence-corrected chi connectivity index (χ4v) is 3.32. The lowest BCUT2D eigenvalue weighted by Crippen LogP contribution is -2.33. The number of nitrogens with zero attached hydrogens (tertiary/aromatic N) is 1. The molecule has 3 nitrogen and oxygen atoms in total. The van der Waals surface area contributed by atoms with Crippen molar-refractivity contribution in [1.29, 1.82) is 0 Å². The topological polar surface area (TPSA) is 50.9 Å². The number of anilines is 2. The average molecular weight is 261 g/mol. The van der Waals surface area contributed by atoms with Gasteiger partial charge in [-0.05, 0) is 51.7 Å². The lowest BCUT2D eigenvalue weighted by atomic mass is 9.98. The first-order valence-electron chi connectivity index (χ1n) is 6.40. The first-order valence-corrected chi connectivity index (χ1v) is 7.22. The Labute approximate surface area is 111 Å². The number of nitrogens with two attached hydrogens (primary N) is 1. The summed E-state index contributed by atoms with van der Waals surface area (Å²) in [7, 11) is 0. The lowest BCUT2D eigenvalue weighted by molar-refractivity contribution is 0.495. The molecule has 0 amide bonds. The fourth-order valence-electron chi connectivity index (χ4n) is 2.47. The third kappa shape index (κ3) is 2.05. The minimum atomic E-state index is 0.118. The van der Waals surface area contributed by atoms with E-state index < -0.39 is 0 Å². The van der Waals surface area contributed by atoms with Crippen LogP contribution in [0.2, 0.25) is 0 Å². The van der Waals surface area contributed by atoms with Crippen molar-refractivity contribution in [3.63, 3.8) is 0 Å². The van der Waals surface area contributed by atoms with Gasteiger partial charge in [0.05, 0.1) is 26.6 Å². The van der Waals surface area contributed by atoms with Crippen LogP contribution in [0.15, 0.2) is 12.1 Å². The predicted molar refractivity (Wildman–Crippen MR) is 79.2 cm³/mol. The molecule has 0 bridgehead atoms. The van der Waals surface area contributed by atoms with Gasteiger partial charge in [-0.1, -0.05) is 0 Å². The van der Waals surface area contributed by atoms with Gasteiger partial charge >= 0.3 is 0 Å². The SMILES string of the molecule is Cc1nc2cc(NC(C)(C)C3CC3)c(N)cc2s1. The van der Waals surface area contributed by atoms with Gasteiger partial charge in [-0.25, -0.2) is 4.98 Å². The number of thiazole rings is 1. The number of fused-ring (bicyclic) bond motifs is 1. The zero-order chi connectivity index (χ0) is 12.9. The summed E-state index contributed by atoms with van der Waals surface area (Å²) < 4.78 is 1.17. The van der Waals surface area contributed by atoms with E-state index in [9.17, 15) is 0 Å². The van der Waals surface area contributed by atoms with Crippen molar-refractivity contribution in [1.82, 2.24) is 4.98 Å². The summed E-state index contributed by atoms with van der Waals surface area (Å²) in [5, 5.41) is 4.68. The fraction of sp³-hybridized carbons (Fsp3) is 0.500. The van der Waals surface area contributed by atoms with Gasteiger partial charge < -0.3 is 11.1 Å². The van der Waals surface area contributed by atoms with Crippen molar-refractivity contribution in [2.75, 3.05) is 11.1 Å². The van der Waals surface area contributed by atoms with Gasteiger partial charge in [-0.3, -0.25) is 0 Å². The molecule has 1 aliphatic rings. The summed E-state index contributed by atoms with van der Waals surface area (Å²) in [4.78, 5) is 4.53. The average Bonchev–Trinajstić information content (AvgIpc) is 3.04. The molecule has 1 heterocycles. The Balaban J connectivity index is 1.97. The second-order valence-corrected chi connectivity index (χ2v) is 7.00. The molecule has 96 valence electrons. The quantitative estimate of drug-likeness (QED) is 0.827. The molecule has 1 aromatic heterocycles. The Kier molecular flexibility index (Phi) is 2.52. The third-order valence-electron chi connectivity index (χ3n) is 3.72. The molecule has 1 fully saturated rings. The Bertz CT molecular complexity index is 596. The second-order valence-electron chi connectivity index (χ2n) is 5.76. The van der Waals surface area contributed by atoms with E-state index in [4.69, 9.17) is 5.73 Å². The number of benzene rings is 1. The van der Waals surface area contributed by atoms with Crippen LogP contribution in [0.1, 0.15) is 31.7 Å². The molecule has 0 radical (unpaired) electrons.